The number of methoxy groups -OCH3 is 1. The molecule has 19 heavy (non-hydrogen) atoms. The van der Waals surface area contributed by atoms with Crippen LogP contribution in [0.1, 0.15) is 19.5 Å². The molecule has 0 saturated carbocycles. The van der Waals surface area contributed by atoms with Crippen molar-refractivity contribution in [3.63, 3.8) is 0 Å². The molecule has 1 heterocycles. The molecule has 1 aromatic heterocycles. The minimum atomic E-state index is 0.000456. The van der Waals surface area contributed by atoms with Gasteiger partial charge in [-0.15, -0.1) is 5.10 Å². The van der Waals surface area contributed by atoms with E-state index in [0.717, 1.165) is 5.69 Å². The highest BCUT2D eigenvalue weighted by molar-refractivity contribution is 5.77. The Kier molecular flexibility index (Phi) is 7.06. The molecule has 0 fully saturated rings. The highest BCUT2D eigenvalue weighted by atomic mass is 16.5. The van der Waals surface area contributed by atoms with Gasteiger partial charge in [0.25, 0.3) is 0 Å². The van der Waals surface area contributed by atoms with Crippen molar-refractivity contribution in [2.75, 3.05) is 26.9 Å². The zero-order chi connectivity index (χ0) is 14.1. The van der Waals surface area contributed by atoms with Crippen molar-refractivity contribution in [1.29, 1.82) is 0 Å². The summed E-state index contributed by atoms with van der Waals surface area (Å²) in [6.45, 7) is 6.39. The molecule has 0 aliphatic rings. The zero-order valence-electron chi connectivity index (χ0n) is 11.8. The Labute approximate surface area is 113 Å². The van der Waals surface area contributed by atoms with E-state index in [1.165, 1.54) is 0 Å². The van der Waals surface area contributed by atoms with Crippen LogP contribution in [0.3, 0.4) is 0 Å². The van der Waals surface area contributed by atoms with Crippen LogP contribution < -0.4 is 5.32 Å². The maximum atomic E-state index is 11.4. The summed E-state index contributed by atoms with van der Waals surface area (Å²) in [6, 6.07) is 0. The first-order valence-corrected chi connectivity index (χ1v) is 6.37. The average Bonchev–Trinajstić information content (AvgIpc) is 2.82. The van der Waals surface area contributed by atoms with E-state index in [4.69, 9.17) is 9.47 Å². The van der Waals surface area contributed by atoms with E-state index in [0.29, 0.717) is 32.9 Å². The van der Waals surface area contributed by atoms with Crippen molar-refractivity contribution in [1.82, 2.24) is 20.3 Å². The van der Waals surface area contributed by atoms with Gasteiger partial charge in [0.2, 0.25) is 5.91 Å². The first kappa shape index (κ1) is 15.6. The summed E-state index contributed by atoms with van der Waals surface area (Å²) < 4.78 is 11.9. The SMILES string of the molecule is COCCOCc1cn(CCNC(=O)C(C)C)nn1. The third-order valence-electron chi connectivity index (χ3n) is 2.43. The third-order valence-corrected chi connectivity index (χ3v) is 2.43. The zero-order valence-corrected chi connectivity index (χ0v) is 11.8. The molecule has 0 saturated heterocycles. The number of ether oxygens (including phenoxy) is 2. The summed E-state index contributed by atoms with van der Waals surface area (Å²) >= 11 is 0. The maximum Gasteiger partial charge on any atom is 0.222 e. The Balaban J connectivity index is 2.21. The molecule has 0 atom stereocenters. The molecule has 0 radical (unpaired) electrons. The molecule has 0 unspecified atom stereocenters. The van der Waals surface area contributed by atoms with Crippen molar-refractivity contribution >= 4 is 5.91 Å². The number of amides is 1. The summed E-state index contributed by atoms with van der Waals surface area (Å²) in [5.74, 6) is 0.0451. The van der Waals surface area contributed by atoms with Crippen molar-refractivity contribution < 1.29 is 14.3 Å². The van der Waals surface area contributed by atoms with Crippen LogP contribution in [0.4, 0.5) is 0 Å². The maximum absolute atomic E-state index is 11.4. The standard InChI is InChI=1S/C12H22N4O3/c1-10(2)12(17)13-4-5-16-8-11(14-15-16)9-19-7-6-18-3/h8,10H,4-7,9H2,1-3H3,(H,13,17). The number of hydrogen-bond donors (Lipinski definition) is 1. The molecule has 0 aromatic carbocycles. The number of carbonyl (C=O) groups excluding carboxylic acids is 1. The Morgan fingerprint density at radius 1 is 1.47 bits per heavy atom. The van der Waals surface area contributed by atoms with E-state index < -0.39 is 0 Å². The fourth-order valence-electron chi connectivity index (χ4n) is 1.33. The van der Waals surface area contributed by atoms with Gasteiger partial charge in [0.1, 0.15) is 5.69 Å². The molecule has 1 amide bonds. The van der Waals surface area contributed by atoms with Crippen molar-refractivity contribution in [2.45, 2.75) is 27.0 Å². The molecule has 1 N–H and O–H groups in total. The summed E-state index contributed by atoms with van der Waals surface area (Å²) in [5.41, 5.74) is 0.770. The largest absolute Gasteiger partial charge is 0.382 e. The van der Waals surface area contributed by atoms with Crippen LogP contribution in [0, 0.1) is 5.92 Å². The second kappa shape index (κ2) is 8.60. The van der Waals surface area contributed by atoms with Crippen LogP contribution in [0.5, 0.6) is 0 Å². The van der Waals surface area contributed by atoms with Crippen molar-refractivity contribution in [3.8, 4) is 0 Å². The first-order valence-electron chi connectivity index (χ1n) is 6.37. The smallest absolute Gasteiger partial charge is 0.222 e. The minimum Gasteiger partial charge on any atom is -0.382 e. The first-order chi connectivity index (χ1) is 9.13. The molecule has 1 rings (SSSR count). The molecule has 0 spiro atoms. The van der Waals surface area contributed by atoms with E-state index in [2.05, 4.69) is 15.6 Å². The predicted octanol–water partition coefficient (Wildman–Crippen LogP) is 0.213. The van der Waals surface area contributed by atoms with E-state index in [1.54, 1.807) is 11.8 Å². The number of rotatable bonds is 9. The van der Waals surface area contributed by atoms with Crippen LogP contribution in [0.2, 0.25) is 0 Å². The normalized spacial score (nSPS) is 10.9. The highest BCUT2D eigenvalue weighted by Gasteiger charge is 2.06. The van der Waals surface area contributed by atoms with Gasteiger partial charge in [0.15, 0.2) is 0 Å². The Morgan fingerprint density at radius 2 is 2.26 bits per heavy atom. The molecular weight excluding hydrogens is 248 g/mol. The Bertz CT molecular complexity index is 379. The quantitative estimate of drug-likeness (QED) is 0.649. The van der Waals surface area contributed by atoms with Crippen LogP contribution in [-0.4, -0.2) is 47.8 Å². The van der Waals surface area contributed by atoms with Crippen molar-refractivity contribution in [2.24, 2.45) is 5.92 Å². The van der Waals surface area contributed by atoms with Gasteiger partial charge < -0.3 is 14.8 Å². The second-order valence-corrected chi connectivity index (χ2v) is 4.46. The molecule has 108 valence electrons. The molecule has 7 nitrogen and oxygen atoms in total. The topological polar surface area (TPSA) is 78.3 Å². The molecule has 0 aliphatic carbocycles. The molecule has 7 heteroatoms. The van der Waals surface area contributed by atoms with Gasteiger partial charge in [0, 0.05) is 19.6 Å². The minimum absolute atomic E-state index is 0.000456. The number of carbonyl (C=O) groups is 1. The lowest BCUT2D eigenvalue weighted by atomic mass is 10.2. The summed E-state index contributed by atoms with van der Waals surface area (Å²) in [6.07, 6.45) is 1.81. The lowest BCUT2D eigenvalue weighted by Crippen LogP contribution is -2.30. The van der Waals surface area contributed by atoms with Gasteiger partial charge >= 0.3 is 0 Å². The van der Waals surface area contributed by atoms with Gasteiger partial charge in [-0.3, -0.25) is 9.48 Å². The van der Waals surface area contributed by atoms with Gasteiger partial charge in [-0.25, -0.2) is 0 Å². The lowest BCUT2D eigenvalue weighted by Gasteiger charge is -2.06. The van der Waals surface area contributed by atoms with E-state index in [-0.39, 0.29) is 11.8 Å². The van der Waals surface area contributed by atoms with Gasteiger partial charge in [0.05, 0.1) is 32.6 Å². The van der Waals surface area contributed by atoms with Gasteiger partial charge in [-0.1, -0.05) is 19.1 Å². The average molecular weight is 270 g/mol. The number of hydrogen-bond acceptors (Lipinski definition) is 5. The van der Waals surface area contributed by atoms with E-state index in [1.807, 2.05) is 20.0 Å². The fourth-order valence-corrected chi connectivity index (χ4v) is 1.33. The van der Waals surface area contributed by atoms with Crippen LogP contribution in [0.15, 0.2) is 6.20 Å². The van der Waals surface area contributed by atoms with Crippen LogP contribution in [-0.2, 0) is 27.4 Å². The molecule has 1 aromatic rings. The predicted molar refractivity (Wildman–Crippen MR) is 69.4 cm³/mol. The molecule has 0 bridgehead atoms. The molecular formula is C12H22N4O3. The highest BCUT2D eigenvalue weighted by Crippen LogP contribution is 1.96. The van der Waals surface area contributed by atoms with Crippen molar-refractivity contribution in [3.05, 3.63) is 11.9 Å². The second-order valence-electron chi connectivity index (χ2n) is 4.46. The van der Waals surface area contributed by atoms with E-state index >= 15 is 0 Å². The van der Waals surface area contributed by atoms with E-state index in [9.17, 15) is 4.79 Å². The van der Waals surface area contributed by atoms with Crippen LogP contribution >= 0.6 is 0 Å². The monoisotopic (exact) mass is 270 g/mol. The fraction of sp³-hybridized carbons (Fsp3) is 0.750. The lowest BCUT2D eigenvalue weighted by molar-refractivity contribution is -0.124. The Hall–Kier alpha value is -1.47. The molecule has 0 aliphatic heterocycles. The number of aromatic nitrogens is 3. The van der Waals surface area contributed by atoms with Crippen LogP contribution in [0.25, 0.3) is 0 Å². The number of nitrogens with zero attached hydrogens (tertiary/aromatic N) is 3. The summed E-state index contributed by atoms with van der Waals surface area (Å²) in [4.78, 5) is 11.4. The summed E-state index contributed by atoms with van der Waals surface area (Å²) in [7, 11) is 1.63. The Morgan fingerprint density at radius 3 is 2.95 bits per heavy atom. The van der Waals surface area contributed by atoms with Gasteiger partial charge in [-0.05, 0) is 0 Å². The number of nitrogens with one attached hydrogen (secondary N) is 1. The summed E-state index contributed by atoms with van der Waals surface area (Å²) in [5, 5.41) is 10.8. The van der Waals surface area contributed by atoms with Gasteiger partial charge in [-0.2, -0.15) is 0 Å². The third kappa shape index (κ3) is 6.30.